The van der Waals surface area contributed by atoms with Gasteiger partial charge in [0.2, 0.25) is 0 Å². The summed E-state index contributed by atoms with van der Waals surface area (Å²) >= 11 is 0. The molecule has 0 bridgehead atoms. The fourth-order valence-electron chi connectivity index (χ4n) is 3.94. The van der Waals surface area contributed by atoms with E-state index in [1.165, 1.54) is 0 Å². The number of methoxy groups -OCH3 is 1. The highest BCUT2D eigenvalue weighted by molar-refractivity contribution is 6.17. The minimum Gasteiger partial charge on any atom is -0.497 e. The van der Waals surface area contributed by atoms with Crippen molar-refractivity contribution in [2.45, 2.75) is 19.9 Å². The molecule has 1 aromatic heterocycles. The lowest BCUT2D eigenvalue weighted by atomic mass is 10.0. The van der Waals surface area contributed by atoms with Crippen molar-refractivity contribution in [1.29, 1.82) is 0 Å². The standard InChI is InChI=1S/C26H25NO3/c1-18(17-30-22-15-13-21(29-3)14-16-22)27-19(2)25(23-11-7-8-12-24(23)27)26(28)20-9-5-4-6-10-20/h4-16,18H,17H2,1-3H3. The predicted octanol–water partition coefficient (Wildman–Crippen LogP) is 5.83. The third kappa shape index (κ3) is 3.69. The summed E-state index contributed by atoms with van der Waals surface area (Å²) in [5, 5.41) is 0.972. The van der Waals surface area contributed by atoms with E-state index in [4.69, 9.17) is 9.47 Å². The highest BCUT2D eigenvalue weighted by Crippen LogP contribution is 2.31. The molecule has 4 aromatic rings. The fraction of sp³-hybridized carbons (Fsp3) is 0.192. The van der Waals surface area contributed by atoms with Crippen LogP contribution in [0.2, 0.25) is 0 Å². The molecule has 1 atom stereocenters. The Bertz CT molecular complexity index is 1160. The number of nitrogens with zero attached hydrogens (tertiary/aromatic N) is 1. The van der Waals surface area contributed by atoms with Gasteiger partial charge in [-0.2, -0.15) is 0 Å². The number of ketones is 1. The molecule has 3 aromatic carbocycles. The molecule has 0 spiro atoms. The molecule has 152 valence electrons. The van der Waals surface area contributed by atoms with Gasteiger partial charge in [0.1, 0.15) is 18.1 Å². The van der Waals surface area contributed by atoms with Crippen LogP contribution in [0, 0.1) is 6.92 Å². The lowest BCUT2D eigenvalue weighted by molar-refractivity contribution is 0.103. The number of carbonyl (C=O) groups excluding carboxylic acids is 1. The zero-order chi connectivity index (χ0) is 21.1. The Hall–Kier alpha value is -3.53. The molecule has 0 N–H and O–H groups in total. The van der Waals surface area contributed by atoms with Crippen LogP contribution in [0.5, 0.6) is 11.5 Å². The van der Waals surface area contributed by atoms with Crippen LogP contribution in [0.15, 0.2) is 78.9 Å². The van der Waals surface area contributed by atoms with Crippen LogP contribution >= 0.6 is 0 Å². The van der Waals surface area contributed by atoms with Crippen molar-refractivity contribution >= 4 is 16.7 Å². The number of rotatable bonds is 7. The van der Waals surface area contributed by atoms with Crippen LogP contribution in [-0.2, 0) is 0 Å². The van der Waals surface area contributed by atoms with Gasteiger partial charge in [-0.15, -0.1) is 0 Å². The molecule has 30 heavy (non-hydrogen) atoms. The van der Waals surface area contributed by atoms with Gasteiger partial charge in [0.25, 0.3) is 0 Å². The highest BCUT2D eigenvalue weighted by atomic mass is 16.5. The molecular formula is C26H25NO3. The van der Waals surface area contributed by atoms with E-state index in [0.717, 1.165) is 33.7 Å². The maximum Gasteiger partial charge on any atom is 0.195 e. The molecule has 0 saturated carbocycles. The van der Waals surface area contributed by atoms with Crippen molar-refractivity contribution in [3.63, 3.8) is 0 Å². The van der Waals surface area contributed by atoms with Gasteiger partial charge in [-0.25, -0.2) is 0 Å². The summed E-state index contributed by atoms with van der Waals surface area (Å²) in [5.74, 6) is 1.63. The van der Waals surface area contributed by atoms with Gasteiger partial charge >= 0.3 is 0 Å². The summed E-state index contributed by atoms with van der Waals surface area (Å²) in [6.07, 6.45) is 0. The van der Waals surface area contributed by atoms with E-state index in [2.05, 4.69) is 17.6 Å². The Balaban J connectivity index is 1.66. The van der Waals surface area contributed by atoms with Gasteiger partial charge in [-0.3, -0.25) is 4.79 Å². The lowest BCUT2D eigenvalue weighted by Crippen LogP contribution is -2.16. The molecule has 0 aliphatic heterocycles. The minimum absolute atomic E-state index is 0.0475. The number of aromatic nitrogens is 1. The van der Waals surface area contributed by atoms with E-state index >= 15 is 0 Å². The van der Waals surface area contributed by atoms with Crippen molar-refractivity contribution in [2.24, 2.45) is 0 Å². The quantitative estimate of drug-likeness (QED) is 0.367. The number of hydrogen-bond acceptors (Lipinski definition) is 3. The van der Waals surface area contributed by atoms with E-state index < -0.39 is 0 Å². The number of benzene rings is 3. The molecular weight excluding hydrogens is 374 g/mol. The predicted molar refractivity (Wildman–Crippen MR) is 120 cm³/mol. The first-order valence-corrected chi connectivity index (χ1v) is 10.1. The first kappa shape index (κ1) is 19.8. The summed E-state index contributed by atoms with van der Waals surface area (Å²) < 4.78 is 13.4. The maximum atomic E-state index is 13.3. The summed E-state index contributed by atoms with van der Waals surface area (Å²) in [5.41, 5.74) is 3.45. The first-order valence-electron chi connectivity index (χ1n) is 10.1. The highest BCUT2D eigenvalue weighted by Gasteiger charge is 2.23. The van der Waals surface area contributed by atoms with Gasteiger partial charge < -0.3 is 14.0 Å². The number of hydrogen-bond donors (Lipinski definition) is 0. The Morgan fingerprint density at radius 3 is 2.23 bits per heavy atom. The molecule has 4 nitrogen and oxygen atoms in total. The number of para-hydroxylation sites is 1. The van der Waals surface area contributed by atoms with E-state index in [1.807, 2.05) is 79.7 Å². The van der Waals surface area contributed by atoms with Crippen molar-refractivity contribution in [3.05, 3.63) is 95.7 Å². The third-order valence-electron chi connectivity index (χ3n) is 5.41. The van der Waals surface area contributed by atoms with E-state index in [1.54, 1.807) is 7.11 Å². The monoisotopic (exact) mass is 399 g/mol. The van der Waals surface area contributed by atoms with Crippen LogP contribution in [0.3, 0.4) is 0 Å². The smallest absolute Gasteiger partial charge is 0.195 e. The molecule has 4 heteroatoms. The Morgan fingerprint density at radius 2 is 1.53 bits per heavy atom. The third-order valence-corrected chi connectivity index (χ3v) is 5.41. The van der Waals surface area contributed by atoms with E-state index in [9.17, 15) is 4.79 Å². The average Bonchev–Trinajstić information content (AvgIpc) is 3.09. The summed E-state index contributed by atoms with van der Waals surface area (Å²) in [6.45, 7) is 4.62. The van der Waals surface area contributed by atoms with E-state index in [0.29, 0.717) is 12.2 Å². The van der Waals surface area contributed by atoms with Gasteiger partial charge in [0.15, 0.2) is 5.78 Å². The van der Waals surface area contributed by atoms with Crippen molar-refractivity contribution < 1.29 is 14.3 Å². The van der Waals surface area contributed by atoms with Crippen molar-refractivity contribution in [1.82, 2.24) is 4.57 Å². The van der Waals surface area contributed by atoms with Crippen LogP contribution in [-0.4, -0.2) is 24.1 Å². The number of carbonyl (C=O) groups is 1. The van der Waals surface area contributed by atoms with Crippen LogP contribution in [0.1, 0.15) is 34.6 Å². The molecule has 0 fully saturated rings. The molecule has 1 unspecified atom stereocenters. The Morgan fingerprint density at radius 1 is 0.900 bits per heavy atom. The van der Waals surface area contributed by atoms with Crippen molar-refractivity contribution in [2.75, 3.05) is 13.7 Å². The zero-order valence-corrected chi connectivity index (χ0v) is 17.5. The number of fused-ring (bicyclic) bond motifs is 1. The second-order valence-corrected chi connectivity index (χ2v) is 7.38. The molecule has 4 rings (SSSR count). The topological polar surface area (TPSA) is 40.5 Å². The van der Waals surface area contributed by atoms with E-state index in [-0.39, 0.29) is 11.8 Å². The first-order chi connectivity index (χ1) is 14.6. The molecule has 1 heterocycles. The minimum atomic E-state index is 0.0475. The van der Waals surface area contributed by atoms with Gasteiger partial charge in [0, 0.05) is 22.2 Å². The summed E-state index contributed by atoms with van der Waals surface area (Å²) in [7, 11) is 1.65. The molecule has 0 amide bonds. The zero-order valence-electron chi connectivity index (χ0n) is 17.5. The second kappa shape index (κ2) is 8.46. The second-order valence-electron chi connectivity index (χ2n) is 7.38. The maximum absolute atomic E-state index is 13.3. The van der Waals surface area contributed by atoms with Gasteiger partial charge in [-0.05, 0) is 44.2 Å². The Labute approximate surface area is 176 Å². The molecule has 0 aliphatic rings. The molecule has 0 radical (unpaired) electrons. The number of ether oxygens (including phenoxy) is 2. The largest absolute Gasteiger partial charge is 0.497 e. The Kier molecular flexibility index (Phi) is 5.57. The van der Waals surface area contributed by atoms with Crippen molar-refractivity contribution in [3.8, 4) is 11.5 Å². The van der Waals surface area contributed by atoms with Crippen LogP contribution < -0.4 is 9.47 Å². The van der Waals surface area contributed by atoms with Gasteiger partial charge in [-0.1, -0.05) is 48.5 Å². The molecule has 0 saturated heterocycles. The van der Waals surface area contributed by atoms with Crippen LogP contribution in [0.25, 0.3) is 10.9 Å². The average molecular weight is 399 g/mol. The summed E-state index contributed by atoms with van der Waals surface area (Å²) in [6, 6.07) is 25.1. The van der Waals surface area contributed by atoms with Gasteiger partial charge in [0.05, 0.1) is 18.7 Å². The normalized spacial score (nSPS) is 12.0. The molecule has 0 aliphatic carbocycles. The van der Waals surface area contributed by atoms with Crippen LogP contribution in [0.4, 0.5) is 0 Å². The SMILES string of the molecule is COc1ccc(OCC(C)n2c(C)c(C(=O)c3ccccc3)c3ccccc32)cc1. The lowest BCUT2D eigenvalue weighted by Gasteiger charge is -2.19. The summed E-state index contributed by atoms with van der Waals surface area (Å²) in [4.78, 5) is 13.3. The fourth-order valence-corrected chi connectivity index (χ4v) is 3.94.